The average Bonchev–Trinajstić information content (AvgIpc) is 2.48. The van der Waals surface area contributed by atoms with Crippen molar-refractivity contribution < 1.29 is 4.79 Å². The lowest BCUT2D eigenvalue weighted by Gasteiger charge is -2.08. The number of anilines is 1. The van der Waals surface area contributed by atoms with Crippen LogP contribution in [-0.4, -0.2) is 12.5 Å². The van der Waals surface area contributed by atoms with Crippen LogP contribution in [0.25, 0.3) is 0 Å². The van der Waals surface area contributed by atoms with Crippen molar-refractivity contribution in [1.82, 2.24) is 5.32 Å². The van der Waals surface area contributed by atoms with E-state index in [1.807, 2.05) is 25.1 Å². The molecule has 106 valence electrons. The maximum absolute atomic E-state index is 11.9. The zero-order valence-electron chi connectivity index (χ0n) is 11.9. The van der Waals surface area contributed by atoms with E-state index in [0.717, 1.165) is 5.56 Å². The van der Waals surface area contributed by atoms with E-state index in [1.54, 1.807) is 24.3 Å². The van der Waals surface area contributed by atoms with Gasteiger partial charge < -0.3 is 10.6 Å². The quantitative estimate of drug-likeness (QED) is 0.884. The van der Waals surface area contributed by atoms with Crippen molar-refractivity contribution >= 4 is 11.6 Å². The minimum atomic E-state index is -0.162. The number of amides is 1. The van der Waals surface area contributed by atoms with Crippen LogP contribution in [0.4, 0.5) is 5.69 Å². The number of hydrogen-bond acceptors (Lipinski definition) is 3. The molecule has 2 aromatic rings. The lowest BCUT2D eigenvalue weighted by molar-refractivity contribution is -0.115. The van der Waals surface area contributed by atoms with Crippen LogP contribution < -0.4 is 10.6 Å². The topological polar surface area (TPSA) is 64.9 Å². The number of nitrogens with one attached hydrogen (secondary N) is 2. The van der Waals surface area contributed by atoms with Crippen molar-refractivity contribution in [2.75, 3.05) is 11.9 Å². The molecule has 0 spiro atoms. The van der Waals surface area contributed by atoms with Gasteiger partial charge in [-0.05, 0) is 24.6 Å². The van der Waals surface area contributed by atoms with Gasteiger partial charge in [0.2, 0.25) is 5.91 Å². The lowest BCUT2D eigenvalue weighted by Crippen LogP contribution is -2.28. The van der Waals surface area contributed by atoms with E-state index >= 15 is 0 Å². The van der Waals surface area contributed by atoms with Crippen LogP contribution in [0.5, 0.6) is 0 Å². The normalized spacial score (nSPS) is 9.90. The summed E-state index contributed by atoms with van der Waals surface area (Å²) in [4.78, 5) is 11.9. The molecule has 0 aromatic heterocycles. The molecule has 4 heteroatoms. The third-order valence-corrected chi connectivity index (χ3v) is 3.02. The van der Waals surface area contributed by atoms with E-state index in [0.29, 0.717) is 17.8 Å². The highest BCUT2D eigenvalue weighted by Crippen LogP contribution is 2.13. The lowest BCUT2D eigenvalue weighted by atomic mass is 10.1. The standard InChI is InChI=1S/C17H17N3O/c1-13-5-4-6-14(9-13)11-19-12-17(21)20-16-8-3-2-7-15(16)10-18/h2-9,19H,11-12H2,1H3,(H,20,21). The van der Waals surface area contributed by atoms with Gasteiger partial charge in [-0.25, -0.2) is 0 Å². The molecule has 0 radical (unpaired) electrons. The first-order valence-corrected chi connectivity index (χ1v) is 6.74. The molecule has 0 atom stereocenters. The van der Waals surface area contributed by atoms with E-state index in [2.05, 4.69) is 22.8 Å². The first-order valence-electron chi connectivity index (χ1n) is 6.74. The minimum Gasteiger partial charge on any atom is -0.324 e. The first-order chi connectivity index (χ1) is 10.2. The largest absolute Gasteiger partial charge is 0.324 e. The van der Waals surface area contributed by atoms with Crippen molar-refractivity contribution in [3.63, 3.8) is 0 Å². The number of nitriles is 1. The number of carbonyl (C=O) groups excluding carboxylic acids is 1. The highest BCUT2D eigenvalue weighted by Gasteiger charge is 2.05. The van der Waals surface area contributed by atoms with E-state index in [-0.39, 0.29) is 12.5 Å². The molecule has 2 N–H and O–H groups in total. The second-order valence-electron chi connectivity index (χ2n) is 4.80. The molecular formula is C17H17N3O. The second kappa shape index (κ2) is 7.22. The molecule has 1 amide bonds. The van der Waals surface area contributed by atoms with E-state index in [4.69, 9.17) is 5.26 Å². The number of hydrogen-bond donors (Lipinski definition) is 2. The Morgan fingerprint density at radius 1 is 1.19 bits per heavy atom. The highest BCUT2D eigenvalue weighted by molar-refractivity contribution is 5.93. The van der Waals surface area contributed by atoms with Gasteiger partial charge in [0.25, 0.3) is 0 Å². The van der Waals surface area contributed by atoms with E-state index < -0.39 is 0 Å². The Labute approximate surface area is 124 Å². The van der Waals surface area contributed by atoms with Crippen LogP contribution >= 0.6 is 0 Å². The first kappa shape index (κ1) is 14.8. The van der Waals surface area contributed by atoms with Gasteiger partial charge >= 0.3 is 0 Å². The summed E-state index contributed by atoms with van der Waals surface area (Å²) in [5.41, 5.74) is 3.34. The Hall–Kier alpha value is -2.64. The van der Waals surface area contributed by atoms with Gasteiger partial charge in [0, 0.05) is 6.54 Å². The third kappa shape index (κ3) is 4.44. The van der Waals surface area contributed by atoms with Crippen LogP contribution in [-0.2, 0) is 11.3 Å². The van der Waals surface area contributed by atoms with Gasteiger partial charge in [-0.2, -0.15) is 5.26 Å². The molecule has 21 heavy (non-hydrogen) atoms. The Balaban J connectivity index is 1.84. The summed E-state index contributed by atoms with van der Waals surface area (Å²) in [7, 11) is 0. The number of benzene rings is 2. The van der Waals surface area contributed by atoms with Crippen LogP contribution in [0, 0.1) is 18.3 Å². The molecule has 0 aliphatic heterocycles. The molecule has 4 nitrogen and oxygen atoms in total. The number of aryl methyl sites for hydroxylation is 1. The maximum Gasteiger partial charge on any atom is 0.238 e. The van der Waals surface area contributed by atoms with Crippen molar-refractivity contribution in [2.24, 2.45) is 0 Å². The Kier molecular flexibility index (Phi) is 5.08. The van der Waals surface area contributed by atoms with Gasteiger partial charge in [0.15, 0.2) is 0 Å². The number of nitrogens with zero attached hydrogens (tertiary/aromatic N) is 1. The van der Waals surface area contributed by atoms with Crippen LogP contribution in [0.1, 0.15) is 16.7 Å². The molecule has 2 aromatic carbocycles. The zero-order chi connectivity index (χ0) is 15.1. The Bertz CT molecular complexity index is 674. The highest BCUT2D eigenvalue weighted by atomic mass is 16.1. The summed E-state index contributed by atoms with van der Waals surface area (Å²) in [6.45, 7) is 2.87. The van der Waals surface area contributed by atoms with E-state index in [1.165, 1.54) is 5.56 Å². The predicted molar refractivity (Wildman–Crippen MR) is 82.7 cm³/mol. The Morgan fingerprint density at radius 2 is 2.00 bits per heavy atom. The monoisotopic (exact) mass is 279 g/mol. The van der Waals surface area contributed by atoms with Gasteiger partial charge in [-0.1, -0.05) is 42.0 Å². The fraction of sp³-hybridized carbons (Fsp3) is 0.176. The number of para-hydroxylation sites is 1. The molecule has 0 saturated carbocycles. The second-order valence-corrected chi connectivity index (χ2v) is 4.80. The molecular weight excluding hydrogens is 262 g/mol. The van der Waals surface area contributed by atoms with Crippen molar-refractivity contribution in [2.45, 2.75) is 13.5 Å². The van der Waals surface area contributed by atoms with Crippen LogP contribution in [0.2, 0.25) is 0 Å². The van der Waals surface area contributed by atoms with Crippen molar-refractivity contribution in [3.8, 4) is 6.07 Å². The molecule has 0 heterocycles. The van der Waals surface area contributed by atoms with Crippen molar-refractivity contribution in [1.29, 1.82) is 5.26 Å². The van der Waals surface area contributed by atoms with E-state index in [9.17, 15) is 4.79 Å². The minimum absolute atomic E-state index is 0.162. The summed E-state index contributed by atoms with van der Waals surface area (Å²) in [6.07, 6.45) is 0. The van der Waals surface area contributed by atoms with Gasteiger partial charge in [0.05, 0.1) is 17.8 Å². The molecule has 0 fully saturated rings. The number of rotatable bonds is 5. The molecule has 0 unspecified atom stereocenters. The zero-order valence-corrected chi connectivity index (χ0v) is 11.9. The Morgan fingerprint density at radius 3 is 2.76 bits per heavy atom. The summed E-state index contributed by atoms with van der Waals surface area (Å²) in [5.74, 6) is -0.162. The summed E-state index contributed by atoms with van der Waals surface area (Å²) in [6, 6.07) is 17.1. The SMILES string of the molecule is Cc1cccc(CNCC(=O)Nc2ccccc2C#N)c1. The third-order valence-electron chi connectivity index (χ3n) is 3.02. The molecule has 2 rings (SSSR count). The van der Waals surface area contributed by atoms with Gasteiger partial charge in [0.1, 0.15) is 6.07 Å². The fourth-order valence-corrected chi connectivity index (χ4v) is 2.03. The average molecular weight is 279 g/mol. The predicted octanol–water partition coefficient (Wildman–Crippen LogP) is 2.60. The summed E-state index contributed by atoms with van der Waals surface area (Å²) >= 11 is 0. The maximum atomic E-state index is 11.9. The smallest absolute Gasteiger partial charge is 0.238 e. The summed E-state index contributed by atoms with van der Waals surface area (Å²) in [5, 5.41) is 14.8. The molecule has 0 aliphatic rings. The van der Waals surface area contributed by atoms with Gasteiger partial charge in [-0.3, -0.25) is 4.79 Å². The molecule has 0 saturated heterocycles. The summed E-state index contributed by atoms with van der Waals surface area (Å²) < 4.78 is 0. The number of carbonyl (C=O) groups is 1. The van der Waals surface area contributed by atoms with Gasteiger partial charge in [-0.15, -0.1) is 0 Å². The molecule has 0 bridgehead atoms. The van der Waals surface area contributed by atoms with Crippen molar-refractivity contribution in [3.05, 3.63) is 65.2 Å². The fourth-order valence-electron chi connectivity index (χ4n) is 2.03. The van der Waals surface area contributed by atoms with Crippen LogP contribution in [0.3, 0.4) is 0 Å². The van der Waals surface area contributed by atoms with Crippen LogP contribution in [0.15, 0.2) is 48.5 Å². The molecule has 0 aliphatic carbocycles.